The largest absolute Gasteiger partial charge is 0.486 e. The van der Waals surface area contributed by atoms with Crippen LogP contribution >= 0.6 is 23.2 Å². The fourth-order valence-corrected chi connectivity index (χ4v) is 2.51. The summed E-state index contributed by atoms with van der Waals surface area (Å²) in [6.45, 7) is 1.38. The number of nitro groups is 1. The average molecular weight is 409 g/mol. The molecule has 0 amide bonds. The molecule has 9 heteroatoms. The lowest BCUT2D eigenvalue weighted by Gasteiger charge is -2.11. The minimum absolute atomic E-state index is 0.0417. The summed E-state index contributed by atoms with van der Waals surface area (Å²) in [5.74, 6) is -0.541. The minimum atomic E-state index is -0.759. The van der Waals surface area contributed by atoms with Gasteiger partial charge in [-0.25, -0.2) is 0 Å². The first-order valence-electron chi connectivity index (χ1n) is 7.78. The quantitative estimate of drug-likeness (QED) is 0.439. The molecular formula is C18H14Cl2N2O5. The second-order valence-corrected chi connectivity index (χ2v) is 6.32. The van der Waals surface area contributed by atoms with Crippen molar-refractivity contribution in [1.29, 1.82) is 5.26 Å². The molecule has 0 aliphatic heterocycles. The van der Waals surface area contributed by atoms with E-state index in [1.54, 1.807) is 12.1 Å². The van der Waals surface area contributed by atoms with Gasteiger partial charge < -0.3 is 9.47 Å². The van der Waals surface area contributed by atoms with Crippen LogP contribution in [-0.2, 0) is 4.79 Å². The van der Waals surface area contributed by atoms with Crippen LogP contribution in [0, 0.1) is 27.4 Å². The lowest BCUT2D eigenvalue weighted by Crippen LogP contribution is -2.13. The molecular weight excluding hydrogens is 395 g/mol. The zero-order chi connectivity index (χ0) is 20.0. The number of nitrogens with zero attached hydrogens (tertiary/aromatic N) is 2. The third kappa shape index (κ3) is 5.58. The van der Waals surface area contributed by atoms with E-state index in [1.165, 1.54) is 31.2 Å². The van der Waals surface area contributed by atoms with E-state index in [4.69, 9.17) is 37.9 Å². The Balaban J connectivity index is 2.17. The van der Waals surface area contributed by atoms with Gasteiger partial charge in [0.1, 0.15) is 17.4 Å². The first kappa shape index (κ1) is 20.5. The van der Waals surface area contributed by atoms with Crippen molar-refractivity contribution in [3.8, 4) is 23.3 Å². The van der Waals surface area contributed by atoms with Crippen LogP contribution in [0.1, 0.15) is 13.3 Å². The zero-order valence-corrected chi connectivity index (χ0v) is 15.7. The van der Waals surface area contributed by atoms with Crippen LogP contribution in [0.25, 0.3) is 0 Å². The summed E-state index contributed by atoms with van der Waals surface area (Å²) >= 11 is 11.9. The first-order valence-corrected chi connectivity index (χ1v) is 8.54. The zero-order valence-electron chi connectivity index (χ0n) is 14.1. The normalized spacial score (nSPS) is 11.3. The fourth-order valence-electron chi connectivity index (χ4n) is 2.06. The Hall–Kier alpha value is -2.82. The molecule has 2 rings (SSSR count). The Morgan fingerprint density at radius 3 is 2.63 bits per heavy atom. The molecule has 2 aromatic carbocycles. The molecule has 1 atom stereocenters. The number of carbonyl (C=O) groups is 1. The van der Waals surface area contributed by atoms with Gasteiger partial charge in [0.15, 0.2) is 5.78 Å². The Kier molecular flexibility index (Phi) is 6.99. The van der Waals surface area contributed by atoms with E-state index in [1.807, 2.05) is 6.07 Å². The van der Waals surface area contributed by atoms with Gasteiger partial charge in [0, 0.05) is 23.6 Å². The van der Waals surface area contributed by atoms with Crippen molar-refractivity contribution >= 4 is 34.7 Å². The number of ketones is 1. The van der Waals surface area contributed by atoms with Gasteiger partial charge in [0.05, 0.1) is 22.6 Å². The van der Waals surface area contributed by atoms with Crippen molar-refractivity contribution in [3.05, 3.63) is 56.6 Å². The molecule has 0 saturated carbocycles. The SMILES string of the molecule is CC(C#N)C(=O)CCOc1cc(Oc2ccc(Cl)cc2Cl)ccc1[N+](=O)[O-]. The van der Waals surface area contributed by atoms with E-state index >= 15 is 0 Å². The Morgan fingerprint density at radius 1 is 1.26 bits per heavy atom. The van der Waals surface area contributed by atoms with Crippen molar-refractivity contribution < 1.29 is 19.2 Å². The predicted octanol–water partition coefficient (Wildman–Crippen LogP) is 5.19. The van der Waals surface area contributed by atoms with Gasteiger partial charge in [-0.2, -0.15) is 5.26 Å². The number of nitriles is 1. The maximum atomic E-state index is 11.7. The molecule has 0 heterocycles. The van der Waals surface area contributed by atoms with E-state index in [-0.39, 0.29) is 41.0 Å². The highest BCUT2D eigenvalue weighted by Gasteiger charge is 2.18. The van der Waals surface area contributed by atoms with Crippen LogP contribution in [0.15, 0.2) is 36.4 Å². The molecule has 0 spiro atoms. The van der Waals surface area contributed by atoms with Gasteiger partial charge in [-0.1, -0.05) is 23.2 Å². The van der Waals surface area contributed by atoms with Gasteiger partial charge in [-0.05, 0) is 31.2 Å². The maximum Gasteiger partial charge on any atom is 0.311 e. The van der Waals surface area contributed by atoms with Crippen molar-refractivity contribution in [1.82, 2.24) is 0 Å². The molecule has 140 valence electrons. The van der Waals surface area contributed by atoms with E-state index in [9.17, 15) is 14.9 Å². The second-order valence-electron chi connectivity index (χ2n) is 5.48. The van der Waals surface area contributed by atoms with Crippen molar-refractivity contribution in [2.45, 2.75) is 13.3 Å². The molecule has 0 saturated heterocycles. The van der Waals surface area contributed by atoms with Crippen LogP contribution in [0.5, 0.6) is 17.2 Å². The lowest BCUT2D eigenvalue weighted by atomic mass is 10.1. The summed E-state index contributed by atoms with van der Waals surface area (Å²) in [6, 6.07) is 10.5. The monoisotopic (exact) mass is 408 g/mol. The summed E-state index contributed by atoms with van der Waals surface area (Å²) in [7, 11) is 0. The number of halogens is 2. The molecule has 0 N–H and O–H groups in total. The Bertz CT molecular complexity index is 911. The third-order valence-electron chi connectivity index (χ3n) is 3.53. The van der Waals surface area contributed by atoms with E-state index < -0.39 is 10.8 Å². The number of benzene rings is 2. The van der Waals surface area contributed by atoms with Crippen LogP contribution in [0.4, 0.5) is 5.69 Å². The molecule has 0 aromatic heterocycles. The average Bonchev–Trinajstić information content (AvgIpc) is 2.63. The lowest BCUT2D eigenvalue weighted by molar-refractivity contribution is -0.385. The summed E-state index contributed by atoms with van der Waals surface area (Å²) < 4.78 is 11.0. The molecule has 7 nitrogen and oxygen atoms in total. The fraction of sp³-hybridized carbons (Fsp3) is 0.222. The van der Waals surface area contributed by atoms with Crippen LogP contribution in [0.2, 0.25) is 10.0 Å². The van der Waals surface area contributed by atoms with Gasteiger partial charge in [-0.15, -0.1) is 0 Å². The molecule has 0 aliphatic carbocycles. The molecule has 0 fully saturated rings. The maximum absolute atomic E-state index is 11.7. The number of ether oxygens (including phenoxy) is 2. The van der Waals surface area contributed by atoms with Gasteiger partial charge in [0.25, 0.3) is 0 Å². The molecule has 0 aliphatic rings. The summed E-state index contributed by atoms with van der Waals surface area (Å²) in [5, 5.41) is 20.6. The van der Waals surface area contributed by atoms with Crippen LogP contribution < -0.4 is 9.47 Å². The highest BCUT2D eigenvalue weighted by molar-refractivity contribution is 6.35. The van der Waals surface area contributed by atoms with Crippen LogP contribution in [0.3, 0.4) is 0 Å². The third-order valence-corrected chi connectivity index (χ3v) is 4.06. The highest BCUT2D eigenvalue weighted by atomic mass is 35.5. The Labute approximate surface area is 165 Å². The van der Waals surface area contributed by atoms with Crippen LogP contribution in [-0.4, -0.2) is 17.3 Å². The molecule has 1 unspecified atom stereocenters. The summed E-state index contributed by atoms with van der Waals surface area (Å²) in [5.41, 5.74) is -0.273. The molecule has 2 aromatic rings. The van der Waals surface area contributed by atoms with Gasteiger partial charge in [0.2, 0.25) is 5.75 Å². The second kappa shape index (κ2) is 9.21. The minimum Gasteiger partial charge on any atom is -0.486 e. The van der Waals surface area contributed by atoms with E-state index in [0.29, 0.717) is 10.8 Å². The molecule has 27 heavy (non-hydrogen) atoms. The smallest absolute Gasteiger partial charge is 0.311 e. The Morgan fingerprint density at radius 2 is 2.00 bits per heavy atom. The van der Waals surface area contributed by atoms with E-state index in [2.05, 4.69) is 0 Å². The van der Waals surface area contributed by atoms with Crippen molar-refractivity contribution in [3.63, 3.8) is 0 Å². The summed E-state index contributed by atoms with van der Waals surface area (Å²) in [6.07, 6.45) is -0.0417. The van der Waals surface area contributed by atoms with Crippen molar-refractivity contribution in [2.24, 2.45) is 5.92 Å². The number of hydrogen-bond acceptors (Lipinski definition) is 6. The predicted molar refractivity (Wildman–Crippen MR) is 99.5 cm³/mol. The topological polar surface area (TPSA) is 102 Å². The standard InChI is InChI=1S/C18H14Cl2N2O5/c1-11(10-21)16(23)6-7-26-18-9-13(3-4-15(18)22(24)25)27-17-5-2-12(19)8-14(17)20/h2-5,8-9,11H,6-7H2,1H3. The summed E-state index contributed by atoms with van der Waals surface area (Å²) in [4.78, 5) is 22.2. The number of Topliss-reactive ketones (excluding diaryl/α,β-unsaturated/α-hetero) is 1. The van der Waals surface area contributed by atoms with E-state index in [0.717, 1.165) is 0 Å². The van der Waals surface area contributed by atoms with Crippen molar-refractivity contribution in [2.75, 3.05) is 6.61 Å². The number of nitro benzene ring substituents is 1. The first-order chi connectivity index (χ1) is 12.8. The van der Waals surface area contributed by atoms with Gasteiger partial charge in [-0.3, -0.25) is 14.9 Å². The van der Waals surface area contributed by atoms with Gasteiger partial charge >= 0.3 is 5.69 Å². The number of carbonyl (C=O) groups excluding carboxylic acids is 1. The number of rotatable bonds is 8. The highest BCUT2D eigenvalue weighted by Crippen LogP contribution is 2.36. The molecule has 0 bridgehead atoms. The number of hydrogen-bond donors (Lipinski definition) is 0. The molecule has 0 radical (unpaired) electrons.